The maximum atomic E-state index is 11.7. The minimum atomic E-state index is -0.873. The minimum absolute atomic E-state index is 0.146. The number of carbonyl (C=O) groups is 2. The predicted molar refractivity (Wildman–Crippen MR) is 82.0 cm³/mol. The van der Waals surface area contributed by atoms with Crippen molar-refractivity contribution in [3.8, 4) is 0 Å². The first-order valence-corrected chi connectivity index (χ1v) is 7.18. The van der Waals surface area contributed by atoms with Gasteiger partial charge in [-0.15, -0.1) is 0 Å². The fraction of sp³-hybridized carbons (Fsp3) is 0.500. The Hall–Kier alpha value is -2.04. The van der Waals surface area contributed by atoms with Crippen LogP contribution < -0.4 is 10.6 Å². The summed E-state index contributed by atoms with van der Waals surface area (Å²) in [6.07, 6.45) is 0.549. The second kappa shape index (κ2) is 8.29. The molecule has 1 rings (SSSR count). The molecule has 116 valence electrons. The van der Waals surface area contributed by atoms with Crippen LogP contribution in [0.15, 0.2) is 24.3 Å². The first-order chi connectivity index (χ1) is 9.88. The maximum absolute atomic E-state index is 11.7. The van der Waals surface area contributed by atoms with Gasteiger partial charge < -0.3 is 15.7 Å². The molecule has 1 unspecified atom stereocenters. The van der Waals surface area contributed by atoms with Crippen LogP contribution >= 0.6 is 0 Å². The highest BCUT2D eigenvalue weighted by molar-refractivity contribution is 5.75. The summed E-state index contributed by atoms with van der Waals surface area (Å²) in [5.41, 5.74) is 2.15. The van der Waals surface area contributed by atoms with Crippen LogP contribution in [-0.2, 0) is 11.3 Å². The zero-order valence-corrected chi connectivity index (χ0v) is 12.8. The summed E-state index contributed by atoms with van der Waals surface area (Å²) in [5, 5.41) is 14.5. The van der Waals surface area contributed by atoms with Crippen molar-refractivity contribution in [1.29, 1.82) is 0 Å². The highest BCUT2D eigenvalue weighted by atomic mass is 16.4. The van der Waals surface area contributed by atoms with E-state index in [0.29, 0.717) is 13.0 Å². The standard InChI is InChI=1S/C16H24N2O3/c1-11(2)7-14(15(19)20)10-18-16(21)17-9-13-6-4-5-12(3)8-13/h4-6,8,11,14H,7,9-10H2,1-3H3,(H,19,20)(H2,17,18,21). The Morgan fingerprint density at radius 2 is 1.95 bits per heavy atom. The van der Waals surface area contributed by atoms with Crippen molar-refractivity contribution in [3.05, 3.63) is 35.4 Å². The van der Waals surface area contributed by atoms with Gasteiger partial charge in [0.25, 0.3) is 0 Å². The summed E-state index contributed by atoms with van der Waals surface area (Å²) in [4.78, 5) is 22.8. The summed E-state index contributed by atoms with van der Waals surface area (Å²) < 4.78 is 0. The third-order valence-corrected chi connectivity index (χ3v) is 3.15. The molecule has 3 N–H and O–H groups in total. The lowest BCUT2D eigenvalue weighted by atomic mass is 9.97. The van der Waals surface area contributed by atoms with Crippen molar-refractivity contribution in [1.82, 2.24) is 10.6 Å². The molecule has 0 heterocycles. The average Bonchev–Trinajstić information content (AvgIpc) is 2.40. The lowest BCUT2D eigenvalue weighted by molar-refractivity contribution is -0.142. The molecule has 0 aliphatic rings. The van der Waals surface area contributed by atoms with Gasteiger partial charge in [0.1, 0.15) is 0 Å². The largest absolute Gasteiger partial charge is 0.481 e. The van der Waals surface area contributed by atoms with Gasteiger partial charge in [-0.25, -0.2) is 4.79 Å². The van der Waals surface area contributed by atoms with Crippen LogP contribution in [0.2, 0.25) is 0 Å². The number of aryl methyl sites for hydroxylation is 1. The molecule has 0 aromatic heterocycles. The second-order valence-electron chi connectivity index (χ2n) is 5.72. The average molecular weight is 292 g/mol. The molecule has 1 atom stereocenters. The van der Waals surface area contributed by atoms with Crippen molar-refractivity contribution < 1.29 is 14.7 Å². The molecule has 0 bridgehead atoms. The number of hydrogen-bond acceptors (Lipinski definition) is 2. The Morgan fingerprint density at radius 1 is 1.24 bits per heavy atom. The van der Waals surface area contributed by atoms with Crippen molar-refractivity contribution >= 4 is 12.0 Å². The van der Waals surface area contributed by atoms with E-state index >= 15 is 0 Å². The van der Waals surface area contributed by atoms with Crippen molar-refractivity contribution in [3.63, 3.8) is 0 Å². The first kappa shape index (κ1) is 17.0. The molecular formula is C16H24N2O3. The van der Waals surface area contributed by atoms with Gasteiger partial charge in [-0.2, -0.15) is 0 Å². The van der Waals surface area contributed by atoms with Crippen molar-refractivity contribution in [2.45, 2.75) is 33.7 Å². The molecule has 5 heteroatoms. The van der Waals surface area contributed by atoms with Crippen LogP contribution in [0.25, 0.3) is 0 Å². The number of carboxylic acid groups (broad SMARTS) is 1. The van der Waals surface area contributed by atoms with Crippen LogP contribution in [-0.4, -0.2) is 23.7 Å². The van der Waals surface area contributed by atoms with E-state index in [1.807, 2.05) is 45.0 Å². The molecule has 0 fully saturated rings. The van der Waals surface area contributed by atoms with E-state index in [1.54, 1.807) is 0 Å². The normalized spacial score (nSPS) is 12.0. The van der Waals surface area contributed by atoms with Crippen molar-refractivity contribution in [2.75, 3.05) is 6.54 Å². The number of rotatable bonds is 7. The highest BCUT2D eigenvalue weighted by Gasteiger charge is 2.19. The van der Waals surface area contributed by atoms with E-state index in [1.165, 1.54) is 0 Å². The Labute approximate surface area is 125 Å². The Balaban J connectivity index is 2.37. The van der Waals surface area contributed by atoms with Gasteiger partial charge >= 0.3 is 12.0 Å². The van der Waals surface area contributed by atoms with Crippen LogP contribution in [0.3, 0.4) is 0 Å². The quantitative estimate of drug-likeness (QED) is 0.722. The molecule has 2 amide bonds. The number of nitrogens with one attached hydrogen (secondary N) is 2. The number of hydrogen-bond donors (Lipinski definition) is 3. The van der Waals surface area contributed by atoms with Crippen LogP contribution in [0, 0.1) is 18.8 Å². The molecule has 5 nitrogen and oxygen atoms in total. The molecule has 0 saturated carbocycles. The van der Waals surface area contributed by atoms with Gasteiger partial charge in [0.05, 0.1) is 5.92 Å². The first-order valence-electron chi connectivity index (χ1n) is 7.18. The monoisotopic (exact) mass is 292 g/mol. The smallest absolute Gasteiger partial charge is 0.315 e. The molecule has 0 aliphatic heterocycles. The molecule has 0 saturated heterocycles. The van der Waals surface area contributed by atoms with Crippen LogP contribution in [0.1, 0.15) is 31.4 Å². The molecule has 1 aromatic rings. The predicted octanol–water partition coefficient (Wildman–Crippen LogP) is 2.54. The van der Waals surface area contributed by atoms with Gasteiger partial charge in [0.2, 0.25) is 0 Å². The molecule has 0 radical (unpaired) electrons. The third kappa shape index (κ3) is 6.79. The Kier molecular flexibility index (Phi) is 6.72. The molecular weight excluding hydrogens is 268 g/mol. The number of carbonyl (C=O) groups excluding carboxylic acids is 1. The molecule has 21 heavy (non-hydrogen) atoms. The van der Waals surface area contributed by atoms with Gasteiger partial charge in [-0.3, -0.25) is 4.79 Å². The maximum Gasteiger partial charge on any atom is 0.315 e. The van der Waals surface area contributed by atoms with Crippen LogP contribution in [0.4, 0.5) is 4.79 Å². The van der Waals surface area contributed by atoms with E-state index in [9.17, 15) is 9.59 Å². The van der Waals surface area contributed by atoms with E-state index in [-0.39, 0.29) is 18.5 Å². The topological polar surface area (TPSA) is 78.4 Å². The SMILES string of the molecule is Cc1cccc(CNC(=O)NCC(CC(C)C)C(=O)O)c1. The fourth-order valence-electron chi connectivity index (χ4n) is 2.12. The van der Waals surface area contributed by atoms with Gasteiger partial charge in [-0.05, 0) is 24.8 Å². The van der Waals surface area contributed by atoms with Gasteiger partial charge in [0.15, 0.2) is 0 Å². The number of urea groups is 1. The summed E-state index contributed by atoms with van der Waals surface area (Å²) in [6, 6.07) is 7.53. The number of carboxylic acids is 1. The Morgan fingerprint density at radius 3 is 2.52 bits per heavy atom. The van der Waals surface area contributed by atoms with Crippen molar-refractivity contribution in [2.24, 2.45) is 11.8 Å². The summed E-state index contributed by atoms with van der Waals surface area (Å²) >= 11 is 0. The van der Waals surface area contributed by atoms with E-state index in [2.05, 4.69) is 10.6 Å². The summed E-state index contributed by atoms with van der Waals surface area (Å²) in [7, 11) is 0. The van der Waals surface area contributed by atoms with E-state index in [4.69, 9.17) is 5.11 Å². The Bertz CT molecular complexity index is 486. The minimum Gasteiger partial charge on any atom is -0.481 e. The zero-order valence-electron chi connectivity index (χ0n) is 12.8. The number of aliphatic carboxylic acids is 1. The second-order valence-corrected chi connectivity index (χ2v) is 5.72. The lowest BCUT2D eigenvalue weighted by Crippen LogP contribution is -2.39. The van der Waals surface area contributed by atoms with Gasteiger partial charge in [-0.1, -0.05) is 43.7 Å². The summed E-state index contributed by atoms with van der Waals surface area (Å²) in [5.74, 6) is -1.14. The van der Waals surface area contributed by atoms with Crippen LogP contribution in [0.5, 0.6) is 0 Å². The number of benzene rings is 1. The molecule has 0 spiro atoms. The lowest BCUT2D eigenvalue weighted by Gasteiger charge is -2.15. The number of amides is 2. The van der Waals surface area contributed by atoms with E-state index < -0.39 is 11.9 Å². The molecule has 1 aromatic carbocycles. The fourth-order valence-corrected chi connectivity index (χ4v) is 2.12. The summed E-state index contributed by atoms with van der Waals surface area (Å²) in [6.45, 7) is 6.50. The van der Waals surface area contributed by atoms with Gasteiger partial charge in [0, 0.05) is 13.1 Å². The third-order valence-electron chi connectivity index (χ3n) is 3.15. The van der Waals surface area contributed by atoms with E-state index in [0.717, 1.165) is 11.1 Å². The molecule has 0 aliphatic carbocycles. The zero-order chi connectivity index (χ0) is 15.8. The highest BCUT2D eigenvalue weighted by Crippen LogP contribution is 2.11.